The van der Waals surface area contributed by atoms with Gasteiger partial charge in [0, 0.05) is 18.4 Å². The normalized spacial score (nSPS) is 12.0. The first-order chi connectivity index (χ1) is 12.5. The zero-order valence-electron chi connectivity index (χ0n) is 13.4. The molecule has 0 spiro atoms. The lowest BCUT2D eigenvalue weighted by molar-refractivity contribution is -0.137. The first-order valence-electron chi connectivity index (χ1n) is 7.93. The van der Waals surface area contributed by atoms with Crippen LogP contribution in [-0.4, -0.2) is 20.1 Å². The van der Waals surface area contributed by atoms with Gasteiger partial charge in [-0.15, -0.1) is 0 Å². The Bertz CT molecular complexity index is 1020. The molecular formula is C18H13F3N4O. The lowest BCUT2D eigenvalue weighted by Crippen LogP contribution is -2.04. The summed E-state index contributed by atoms with van der Waals surface area (Å²) >= 11 is 0. The summed E-state index contributed by atoms with van der Waals surface area (Å²) in [5.74, 6) is 1.26. The van der Waals surface area contributed by atoms with Gasteiger partial charge in [-0.05, 0) is 24.3 Å². The van der Waals surface area contributed by atoms with E-state index in [-0.39, 0.29) is 11.4 Å². The van der Waals surface area contributed by atoms with Crippen molar-refractivity contribution in [3.05, 3.63) is 65.8 Å². The number of H-pyrrole nitrogens is 1. The number of alkyl halides is 3. The molecule has 0 bridgehead atoms. The van der Waals surface area contributed by atoms with E-state index >= 15 is 0 Å². The first kappa shape index (κ1) is 16.3. The monoisotopic (exact) mass is 358 g/mol. The molecule has 2 heterocycles. The Morgan fingerprint density at radius 1 is 0.962 bits per heavy atom. The lowest BCUT2D eigenvalue weighted by atomic mass is 10.1. The first-order valence-corrected chi connectivity index (χ1v) is 7.93. The highest BCUT2D eigenvalue weighted by Gasteiger charge is 2.30. The molecule has 0 amide bonds. The average Bonchev–Trinajstić information content (AvgIpc) is 3.26. The third-order valence-corrected chi connectivity index (χ3v) is 3.93. The molecule has 0 saturated heterocycles. The van der Waals surface area contributed by atoms with Crippen molar-refractivity contribution in [1.82, 2.24) is 20.1 Å². The molecule has 4 aromatic rings. The molecule has 0 radical (unpaired) electrons. The number of fused-ring (bicyclic) bond motifs is 1. The number of nitrogens with one attached hydrogen (secondary N) is 1. The summed E-state index contributed by atoms with van der Waals surface area (Å²) in [6.07, 6.45) is -3.42. The van der Waals surface area contributed by atoms with Crippen LogP contribution in [0.15, 0.2) is 53.1 Å². The van der Waals surface area contributed by atoms with Gasteiger partial charge in [-0.2, -0.15) is 18.2 Å². The largest absolute Gasteiger partial charge is 0.416 e. The van der Waals surface area contributed by atoms with E-state index in [2.05, 4.69) is 20.1 Å². The standard InChI is InChI=1S/C18H13F3N4O/c19-18(20,21)12-5-3-4-11(10-12)17-24-16(26-25-17)9-8-15-22-13-6-1-2-7-14(13)23-15/h1-7,10H,8-9H2,(H,22,23). The fourth-order valence-corrected chi connectivity index (χ4v) is 2.66. The number of rotatable bonds is 4. The van der Waals surface area contributed by atoms with Gasteiger partial charge >= 0.3 is 6.18 Å². The molecule has 2 aromatic heterocycles. The molecule has 26 heavy (non-hydrogen) atoms. The number of aryl methyl sites for hydroxylation is 2. The molecule has 0 aliphatic rings. The number of nitrogens with zero attached hydrogens (tertiary/aromatic N) is 3. The molecule has 1 N–H and O–H groups in total. The van der Waals surface area contributed by atoms with E-state index in [0.717, 1.165) is 29.0 Å². The van der Waals surface area contributed by atoms with Gasteiger partial charge in [0.05, 0.1) is 16.6 Å². The van der Waals surface area contributed by atoms with Gasteiger partial charge in [0.25, 0.3) is 0 Å². The van der Waals surface area contributed by atoms with Crippen LogP contribution in [0.1, 0.15) is 17.3 Å². The highest BCUT2D eigenvalue weighted by atomic mass is 19.4. The smallest absolute Gasteiger partial charge is 0.342 e. The Morgan fingerprint density at radius 2 is 1.81 bits per heavy atom. The Kier molecular flexibility index (Phi) is 3.95. The highest BCUT2D eigenvalue weighted by molar-refractivity contribution is 5.74. The topological polar surface area (TPSA) is 67.6 Å². The SMILES string of the molecule is FC(F)(F)c1cccc(-c2noc(CCc3nc4ccccc4[nH]3)n2)c1. The van der Waals surface area contributed by atoms with Crippen LogP contribution in [0.25, 0.3) is 22.4 Å². The lowest BCUT2D eigenvalue weighted by Gasteiger charge is -2.06. The van der Waals surface area contributed by atoms with Crippen molar-refractivity contribution in [1.29, 1.82) is 0 Å². The molecule has 0 aliphatic carbocycles. The van der Waals surface area contributed by atoms with Crippen LogP contribution in [0.5, 0.6) is 0 Å². The third kappa shape index (κ3) is 3.30. The molecule has 8 heteroatoms. The van der Waals surface area contributed by atoms with Crippen LogP contribution in [0.3, 0.4) is 0 Å². The highest BCUT2D eigenvalue weighted by Crippen LogP contribution is 2.31. The predicted molar refractivity (Wildman–Crippen MR) is 88.2 cm³/mol. The fraction of sp³-hybridized carbons (Fsp3) is 0.167. The van der Waals surface area contributed by atoms with Gasteiger partial charge in [0.15, 0.2) is 0 Å². The zero-order chi connectivity index (χ0) is 18.1. The van der Waals surface area contributed by atoms with Crippen molar-refractivity contribution in [3.63, 3.8) is 0 Å². The Balaban J connectivity index is 1.49. The van der Waals surface area contributed by atoms with Crippen LogP contribution in [0.2, 0.25) is 0 Å². The van der Waals surface area contributed by atoms with E-state index in [1.54, 1.807) is 0 Å². The molecule has 0 aliphatic heterocycles. The van der Waals surface area contributed by atoms with E-state index in [4.69, 9.17) is 4.52 Å². The van der Waals surface area contributed by atoms with Crippen molar-refractivity contribution < 1.29 is 17.7 Å². The number of para-hydroxylation sites is 2. The number of benzene rings is 2. The zero-order valence-corrected chi connectivity index (χ0v) is 13.4. The summed E-state index contributed by atoms with van der Waals surface area (Å²) in [6, 6.07) is 12.5. The summed E-state index contributed by atoms with van der Waals surface area (Å²) in [6.45, 7) is 0. The van der Waals surface area contributed by atoms with Crippen LogP contribution in [0.4, 0.5) is 13.2 Å². The van der Waals surface area contributed by atoms with Crippen LogP contribution < -0.4 is 0 Å². The van der Waals surface area contributed by atoms with Gasteiger partial charge in [-0.25, -0.2) is 4.98 Å². The minimum atomic E-state index is -4.41. The van der Waals surface area contributed by atoms with Crippen molar-refractivity contribution >= 4 is 11.0 Å². The van der Waals surface area contributed by atoms with E-state index in [1.807, 2.05) is 24.3 Å². The summed E-state index contributed by atoms with van der Waals surface area (Å²) in [4.78, 5) is 11.8. The molecule has 0 unspecified atom stereocenters. The minimum absolute atomic E-state index is 0.135. The van der Waals surface area contributed by atoms with Crippen molar-refractivity contribution in [3.8, 4) is 11.4 Å². The van der Waals surface area contributed by atoms with E-state index in [1.165, 1.54) is 12.1 Å². The van der Waals surface area contributed by atoms with Gasteiger partial charge in [-0.1, -0.05) is 29.4 Å². The summed E-state index contributed by atoms with van der Waals surface area (Å²) in [5.41, 5.74) is 1.33. The minimum Gasteiger partial charge on any atom is -0.342 e. The maximum Gasteiger partial charge on any atom is 0.416 e. The van der Waals surface area contributed by atoms with Crippen molar-refractivity contribution in [2.24, 2.45) is 0 Å². The second-order valence-electron chi connectivity index (χ2n) is 5.79. The number of imidazole rings is 1. The van der Waals surface area contributed by atoms with Crippen molar-refractivity contribution in [2.75, 3.05) is 0 Å². The Labute approximate surface area is 145 Å². The maximum atomic E-state index is 12.8. The molecule has 5 nitrogen and oxygen atoms in total. The van der Waals surface area contributed by atoms with Gasteiger partial charge in [0.2, 0.25) is 11.7 Å². The van der Waals surface area contributed by atoms with E-state index < -0.39 is 11.7 Å². The quantitative estimate of drug-likeness (QED) is 0.586. The summed E-state index contributed by atoms with van der Waals surface area (Å²) < 4.78 is 43.6. The van der Waals surface area contributed by atoms with Gasteiger partial charge < -0.3 is 9.51 Å². The van der Waals surface area contributed by atoms with Crippen molar-refractivity contribution in [2.45, 2.75) is 19.0 Å². The fourth-order valence-electron chi connectivity index (χ4n) is 2.66. The third-order valence-electron chi connectivity index (χ3n) is 3.93. The number of aromatic nitrogens is 4. The Morgan fingerprint density at radius 3 is 2.62 bits per heavy atom. The maximum absolute atomic E-state index is 12.8. The van der Waals surface area contributed by atoms with Gasteiger partial charge in [-0.3, -0.25) is 0 Å². The van der Waals surface area contributed by atoms with Crippen LogP contribution in [0, 0.1) is 0 Å². The van der Waals surface area contributed by atoms with Gasteiger partial charge in [0.1, 0.15) is 5.82 Å². The average molecular weight is 358 g/mol. The molecular weight excluding hydrogens is 345 g/mol. The Hall–Kier alpha value is -3.16. The van der Waals surface area contributed by atoms with Crippen LogP contribution in [-0.2, 0) is 19.0 Å². The molecule has 4 rings (SSSR count). The number of halogens is 3. The van der Waals surface area contributed by atoms with E-state index in [9.17, 15) is 13.2 Å². The number of aromatic amines is 1. The number of hydrogen-bond donors (Lipinski definition) is 1. The van der Waals surface area contributed by atoms with E-state index in [0.29, 0.717) is 18.7 Å². The second-order valence-corrected chi connectivity index (χ2v) is 5.79. The predicted octanol–water partition coefficient (Wildman–Crippen LogP) is 4.42. The second kappa shape index (κ2) is 6.29. The molecule has 0 saturated carbocycles. The van der Waals surface area contributed by atoms with Crippen LogP contribution >= 0.6 is 0 Å². The summed E-state index contributed by atoms with van der Waals surface area (Å²) in [5, 5.41) is 3.78. The summed E-state index contributed by atoms with van der Waals surface area (Å²) in [7, 11) is 0. The number of hydrogen-bond acceptors (Lipinski definition) is 4. The molecule has 2 aromatic carbocycles. The molecule has 0 fully saturated rings. The molecule has 132 valence electrons. The molecule has 0 atom stereocenters.